The topological polar surface area (TPSA) is 51.2 Å². The number of hydrogen-bond acceptors (Lipinski definition) is 4. The van der Waals surface area contributed by atoms with Gasteiger partial charge in [-0.1, -0.05) is 18.2 Å². The molecular weight excluding hydrogens is 296 g/mol. The summed E-state index contributed by atoms with van der Waals surface area (Å²) in [5, 5.41) is 3.67. The molecule has 3 aromatic rings. The predicted molar refractivity (Wildman–Crippen MR) is 86.2 cm³/mol. The Morgan fingerprint density at radius 3 is 2.73 bits per heavy atom. The van der Waals surface area contributed by atoms with E-state index in [2.05, 4.69) is 10.3 Å². The molecule has 0 aliphatic carbocycles. The van der Waals surface area contributed by atoms with Crippen LogP contribution in [0, 0.1) is 0 Å². The predicted octanol–water partition coefficient (Wildman–Crippen LogP) is 3.87. The smallest absolute Gasteiger partial charge is 0.253 e. The van der Waals surface area contributed by atoms with Crippen molar-refractivity contribution < 1.29 is 9.53 Å². The molecule has 2 aromatic heterocycles. The van der Waals surface area contributed by atoms with E-state index in [0.717, 1.165) is 15.7 Å². The Labute approximate surface area is 132 Å². The maximum absolute atomic E-state index is 11.9. The lowest BCUT2D eigenvalue weighted by molar-refractivity contribution is 0.0951. The van der Waals surface area contributed by atoms with Gasteiger partial charge in [-0.2, -0.15) is 0 Å². The lowest BCUT2D eigenvalue weighted by Crippen LogP contribution is -2.22. The Balaban J connectivity index is 1.57. The summed E-state index contributed by atoms with van der Waals surface area (Å²) in [6, 6.07) is 17.0. The van der Waals surface area contributed by atoms with Crippen LogP contribution < -0.4 is 10.1 Å². The summed E-state index contributed by atoms with van der Waals surface area (Å²) < 4.78 is 5.75. The van der Waals surface area contributed by atoms with E-state index < -0.39 is 0 Å². The zero-order valence-electron chi connectivity index (χ0n) is 11.7. The molecule has 0 aliphatic heterocycles. The van der Waals surface area contributed by atoms with E-state index in [1.54, 1.807) is 24.5 Å². The van der Waals surface area contributed by atoms with Gasteiger partial charge in [-0.05, 0) is 36.4 Å². The second kappa shape index (κ2) is 6.87. The number of nitrogens with zero attached hydrogens (tertiary/aromatic N) is 1. The van der Waals surface area contributed by atoms with Gasteiger partial charge >= 0.3 is 0 Å². The quantitative estimate of drug-likeness (QED) is 0.778. The van der Waals surface area contributed by atoms with E-state index in [9.17, 15) is 4.79 Å². The molecule has 0 saturated heterocycles. The summed E-state index contributed by atoms with van der Waals surface area (Å²) in [6.45, 7) is 0.469. The number of thiophene rings is 1. The first-order valence-corrected chi connectivity index (χ1v) is 7.63. The summed E-state index contributed by atoms with van der Waals surface area (Å²) in [6.07, 6.45) is 3.19. The van der Waals surface area contributed by atoms with Crippen LogP contribution in [0.2, 0.25) is 0 Å². The number of para-hydroxylation sites is 1. The van der Waals surface area contributed by atoms with Crippen LogP contribution in [-0.2, 0) is 6.54 Å². The number of carbonyl (C=O) groups excluding carboxylic acids is 1. The average molecular weight is 310 g/mol. The lowest BCUT2D eigenvalue weighted by Gasteiger charge is -2.03. The highest BCUT2D eigenvalue weighted by molar-refractivity contribution is 7.13. The lowest BCUT2D eigenvalue weighted by atomic mass is 10.3. The third-order valence-corrected chi connectivity index (χ3v) is 3.91. The number of nitrogens with one attached hydrogen (secondary N) is 1. The third kappa shape index (κ3) is 3.71. The van der Waals surface area contributed by atoms with E-state index in [1.165, 1.54) is 11.3 Å². The molecule has 0 bridgehead atoms. The first-order valence-electron chi connectivity index (χ1n) is 6.81. The summed E-state index contributed by atoms with van der Waals surface area (Å²) in [5.74, 6) is 0.669. The largest absolute Gasteiger partial charge is 0.447 e. The Bertz CT molecular complexity index is 742. The fraction of sp³-hybridized carbons (Fsp3) is 0.0588. The molecule has 0 fully saturated rings. The molecule has 5 heteroatoms. The van der Waals surface area contributed by atoms with Crippen molar-refractivity contribution in [3.8, 4) is 10.8 Å². The normalized spacial score (nSPS) is 10.2. The van der Waals surface area contributed by atoms with Gasteiger partial charge in [-0.25, -0.2) is 0 Å². The molecule has 0 saturated carbocycles. The monoisotopic (exact) mass is 310 g/mol. The molecular formula is C17H14N2O2S. The minimum absolute atomic E-state index is 0.132. The van der Waals surface area contributed by atoms with Crippen molar-refractivity contribution in [2.45, 2.75) is 6.54 Å². The maximum atomic E-state index is 11.9. The van der Waals surface area contributed by atoms with Crippen LogP contribution in [0.15, 0.2) is 67.0 Å². The van der Waals surface area contributed by atoms with Crippen LogP contribution in [-0.4, -0.2) is 10.9 Å². The Hall–Kier alpha value is -2.66. The van der Waals surface area contributed by atoms with E-state index in [4.69, 9.17) is 4.74 Å². The van der Waals surface area contributed by atoms with Crippen LogP contribution in [0.3, 0.4) is 0 Å². The van der Waals surface area contributed by atoms with Crippen LogP contribution in [0.4, 0.5) is 0 Å². The molecule has 1 amide bonds. The molecule has 0 unspecified atom stereocenters. The van der Waals surface area contributed by atoms with Gasteiger partial charge in [0.15, 0.2) is 5.06 Å². The number of amides is 1. The van der Waals surface area contributed by atoms with Crippen molar-refractivity contribution in [2.75, 3.05) is 0 Å². The maximum Gasteiger partial charge on any atom is 0.253 e. The fourth-order valence-electron chi connectivity index (χ4n) is 1.88. The van der Waals surface area contributed by atoms with Crippen LogP contribution in [0.5, 0.6) is 10.8 Å². The number of hydrogen-bond donors (Lipinski definition) is 1. The second-order valence-corrected chi connectivity index (χ2v) is 5.69. The van der Waals surface area contributed by atoms with E-state index >= 15 is 0 Å². The third-order valence-electron chi connectivity index (χ3n) is 2.95. The summed E-state index contributed by atoms with van der Waals surface area (Å²) in [7, 11) is 0. The van der Waals surface area contributed by atoms with Gasteiger partial charge in [0.05, 0.1) is 12.1 Å². The number of benzene rings is 1. The van der Waals surface area contributed by atoms with Crippen LogP contribution in [0.25, 0.3) is 0 Å². The van der Waals surface area contributed by atoms with Crippen molar-refractivity contribution in [2.24, 2.45) is 0 Å². The van der Waals surface area contributed by atoms with Crippen LogP contribution in [0.1, 0.15) is 15.2 Å². The highest BCUT2D eigenvalue weighted by atomic mass is 32.1. The second-order valence-electron chi connectivity index (χ2n) is 4.56. The molecule has 1 aromatic carbocycles. The first kappa shape index (κ1) is 14.3. The van der Waals surface area contributed by atoms with Crippen molar-refractivity contribution in [3.63, 3.8) is 0 Å². The Morgan fingerprint density at radius 2 is 1.95 bits per heavy atom. The molecule has 4 nitrogen and oxygen atoms in total. The van der Waals surface area contributed by atoms with Crippen molar-refractivity contribution >= 4 is 17.2 Å². The van der Waals surface area contributed by atoms with Crippen molar-refractivity contribution in [1.29, 1.82) is 0 Å². The Morgan fingerprint density at radius 1 is 1.09 bits per heavy atom. The van der Waals surface area contributed by atoms with Gasteiger partial charge in [0.1, 0.15) is 5.75 Å². The molecule has 0 atom stereocenters. The number of aromatic nitrogens is 1. The van der Waals surface area contributed by atoms with Crippen LogP contribution >= 0.6 is 11.3 Å². The van der Waals surface area contributed by atoms with E-state index in [-0.39, 0.29) is 5.91 Å². The summed E-state index contributed by atoms with van der Waals surface area (Å²) in [5.41, 5.74) is 0.555. The SMILES string of the molecule is O=C(NCc1ccc(Oc2ccccc2)s1)c1cccnc1. The molecule has 110 valence electrons. The fourth-order valence-corrected chi connectivity index (χ4v) is 2.69. The van der Waals surface area contributed by atoms with Gasteiger partial charge in [0.2, 0.25) is 0 Å². The average Bonchev–Trinajstić information content (AvgIpc) is 3.02. The van der Waals surface area contributed by atoms with Gasteiger partial charge in [-0.15, -0.1) is 11.3 Å². The van der Waals surface area contributed by atoms with Gasteiger partial charge in [0, 0.05) is 17.3 Å². The van der Waals surface area contributed by atoms with Gasteiger partial charge < -0.3 is 10.1 Å². The minimum Gasteiger partial charge on any atom is -0.447 e. The number of ether oxygens (including phenoxy) is 1. The summed E-state index contributed by atoms with van der Waals surface area (Å²) in [4.78, 5) is 16.9. The number of rotatable bonds is 5. The standard InChI is InChI=1S/C17H14N2O2S/c20-17(13-5-4-10-18-11-13)19-12-15-8-9-16(22-15)21-14-6-2-1-3-7-14/h1-11H,12H2,(H,19,20). The molecule has 1 N–H and O–H groups in total. The van der Waals surface area contributed by atoms with Gasteiger partial charge in [-0.3, -0.25) is 9.78 Å². The molecule has 0 spiro atoms. The number of pyridine rings is 1. The highest BCUT2D eigenvalue weighted by Crippen LogP contribution is 2.29. The molecule has 3 rings (SSSR count). The first-order chi connectivity index (χ1) is 10.8. The summed E-state index contributed by atoms with van der Waals surface area (Å²) >= 11 is 1.51. The minimum atomic E-state index is -0.132. The Kier molecular flexibility index (Phi) is 4.46. The molecule has 22 heavy (non-hydrogen) atoms. The van der Waals surface area contributed by atoms with E-state index in [0.29, 0.717) is 12.1 Å². The van der Waals surface area contributed by atoms with Gasteiger partial charge in [0.25, 0.3) is 5.91 Å². The zero-order chi connectivity index (χ0) is 15.2. The van der Waals surface area contributed by atoms with Crippen molar-refractivity contribution in [1.82, 2.24) is 10.3 Å². The molecule has 0 aliphatic rings. The highest BCUT2D eigenvalue weighted by Gasteiger charge is 2.07. The van der Waals surface area contributed by atoms with E-state index in [1.807, 2.05) is 42.5 Å². The zero-order valence-corrected chi connectivity index (χ0v) is 12.5. The molecule has 2 heterocycles. The number of carbonyl (C=O) groups is 1. The van der Waals surface area contributed by atoms with Crippen molar-refractivity contribution in [3.05, 3.63) is 77.4 Å². The molecule has 0 radical (unpaired) electrons.